The number of benzene rings is 1. The van der Waals surface area contributed by atoms with Gasteiger partial charge >= 0.3 is 5.97 Å². The van der Waals surface area contributed by atoms with Gasteiger partial charge in [-0.15, -0.1) is 0 Å². The minimum Gasteiger partial charge on any atom is -0.493 e. The van der Waals surface area contributed by atoms with Crippen LogP contribution in [0, 0.1) is 5.92 Å². The minimum atomic E-state index is -0.925. The summed E-state index contributed by atoms with van der Waals surface area (Å²) in [6.45, 7) is 8.12. The van der Waals surface area contributed by atoms with Crippen LogP contribution in [0.5, 0.6) is 17.2 Å². The van der Waals surface area contributed by atoms with Crippen molar-refractivity contribution < 1.29 is 33.7 Å². The highest BCUT2D eigenvalue weighted by atomic mass is 16.7. The summed E-state index contributed by atoms with van der Waals surface area (Å²) in [7, 11) is 3.25. The van der Waals surface area contributed by atoms with Crippen LogP contribution < -0.4 is 14.2 Å². The molecular formula is C28H43N3O7. The summed E-state index contributed by atoms with van der Waals surface area (Å²) in [6, 6.07) is 3.22. The van der Waals surface area contributed by atoms with Crippen LogP contribution in [0.25, 0.3) is 0 Å². The third kappa shape index (κ3) is 6.89. The van der Waals surface area contributed by atoms with Gasteiger partial charge < -0.3 is 29.1 Å². The number of hydrogen-bond acceptors (Lipinski definition) is 7. The maximum absolute atomic E-state index is 13.5. The molecule has 1 fully saturated rings. The largest absolute Gasteiger partial charge is 0.493 e. The Bertz CT molecular complexity index is 977. The van der Waals surface area contributed by atoms with Gasteiger partial charge in [-0.2, -0.15) is 0 Å². The van der Waals surface area contributed by atoms with Gasteiger partial charge in [0.2, 0.25) is 24.4 Å². The van der Waals surface area contributed by atoms with Crippen molar-refractivity contribution in [2.45, 2.75) is 64.8 Å². The molecule has 3 atom stereocenters. The smallest absolute Gasteiger partial charge is 0.308 e. The van der Waals surface area contributed by atoms with E-state index in [0.29, 0.717) is 49.8 Å². The maximum atomic E-state index is 13.5. The lowest BCUT2D eigenvalue weighted by Crippen LogP contribution is -2.45. The fraction of sp³-hybridized carbons (Fsp3) is 0.679. The molecule has 0 bridgehead atoms. The van der Waals surface area contributed by atoms with Crippen molar-refractivity contribution in [3.05, 3.63) is 17.7 Å². The van der Waals surface area contributed by atoms with Gasteiger partial charge in [-0.1, -0.05) is 26.7 Å². The molecule has 1 aromatic carbocycles. The van der Waals surface area contributed by atoms with E-state index < -0.39 is 23.8 Å². The lowest BCUT2D eigenvalue weighted by molar-refractivity contribution is -0.144. The van der Waals surface area contributed by atoms with E-state index in [2.05, 4.69) is 13.8 Å². The van der Waals surface area contributed by atoms with E-state index in [4.69, 9.17) is 14.2 Å². The van der Waals surface area contributed by atoms with Crippen LogP contribution in [-0.4, -0.2) is 97.3 Å². The highest BCUT2D eigenvalue weighted by Crippen LogP contribution is 2.47. The zero-order chi connectivity index (χ0) is 27.8. The number of aliphatic carboxylic acids is 1. The second-order valence-corrected chi connectivity index (χ2v) is 10.2. The Morgan fingerprint density at radius 1 is 1.11 bits per heavy atom. The quantitative estimate of drug-likeness (QED) is 0.388. The van der Waals surface area contributed by atoms with Crippen molar-refractivity contribution >= 4 is 17.8 Å². The average Bonchev–Trinajstić information content (AvgIpc) is 3.51. The zero-order valence-corrected chi connectivity index (χ0v) is 23.4. The number of unbranched alkanes of at least 4 members (excludes halogenated alkanes) is 2. The van der Waals surface area contributed by atoms with E-state index in [1.54, 1.807) is 11.9 Å². The minimum absolute atomic E-state index is 0.0184. The van der Waals surface area contributed by atoms with E-state index in [1.807, 2.05) is 21.9 Å². The summed E-state index contributed by atoms with van der Waals surface area (Å²) in [5.74, 6) is -0.627. The molecular weight excluding hydrogens is 490 g/mol. The Labute approximate surface area is 225 Å². The summed E-state index contributed by atoms with van der Waals surface area (Å²) in [5, 5.41) is 10.4. The molecule has 38 heavy (non-hydrogen) atoms. The average molecular weight is 534 g/mol. The number of carbonyl (C=O) groups excluding carboxylic acids is 2. The number of carboxylic acid groups (broad SMARTS) is 1. The second kappa shape index (κ2) is 13.7. The Balaban J connectivity index is 1.92. The molecule has 0 aromatic heterocycles. The first-order valence-corrected chi connectivity index (χ1v) is 13.7. The van der Waals surface area contributed by atoms with Crippen molar-refractivity contribution in [3.63, 3.8) is 0 Å². The summed E-state index contributed by atoms with van der Waals surface area (Å²) < 4.78 is 16.6. The normalized spacial score (nSPS) is 20.4. The number of hydrogen-bond donors (Lipinski definition) is 1. The molecule has 10 heteroatoms. The van der Waals surface area contributed by atoms with Crippen molar-refractivity contribution in [1.82, 2.24) is 14.7 Å². The van der Waals surface area contributed by atoms with Gasteiger partial charge in [-0.05, 0) is 37.0 Å². The molecule has 0 aliphatic carbocycles. The SMILES string of the molecule is CCCCN(CCCC)C(=O)CN1C[C@H](c2cc(OC)c3c(c2)OCO3)C(C(=O)O)[C@@H]1CCN(C)C(C)=O. The molecule has 212 valence electrons. The highest BCUT2D eigenvalue weighted by molar-refractivity contribution is 5.79. The van der Waals surface area contributed by atoms with Crippen molar-refractivity contribution in [2.24, 2.45) is 5.92 Å². The summed E-state index contributed by atoms with van der Waals surface area (Å²) in [6.07, 6.45) is 4.30. The van der Waals surface area contributed by atoms with Crippen LogP contribution in [0.1, 0.15) is 64.4 Å². The number of likely N-dealkylation sites (tertiary alicyclic amines) is 1. The topological polar surface area (TPSA) is 109 Å². The number of ether oxygens (including phenoxy) is 3. The van der Waals surface area contributed by atoms with Crippen LogP contribution in [0.15, 0.2) is 12.1 Å². The Hall–Kier alpha value is -3.01. The molecule has 0 spiro atoms. The molecule has 2 heterocycles. The summed E-state index contributed by atoms with van der Waals surface area (Å²) in [4.78, 5) is 43.6. The number of fused-ring (bicyclic) bond motifs is 1. The van der Waals surface area contributed by atoms with Crippen LogP contribution in [0.3, 0.4) is 0 Å². The first-order chi connectivity index (χ1) is 18.2. The maximum Gasteiger partial charge on any atom is 0.308 e. The first kappa shape index (κ1) is 29.5. The summed E-state index contributed by atoms with van der Waals surface area (Å²) in [5.41, 5.74) is 0.771. The second-order valence-electron chi connectivity index (χ2n) is 10.2. The third-order valence-electron chi connectivity index (χ3n) is 7.69. The Morgan fingerprint density at radius 2 is 1.79 bits per heavy atom. The van der Waals surface area contributed by atoms with Gasteiger partial charge in [0.1, 0.15) is 0 Å². The van der Waals surface area contributed by atoms with Crippen molar-refractivity contribution in [3.8, 4) is 17.2 Å². The predicted molar refractivity (Wildman–Crippen MR) is 143 cm³/mol. The van der Waals surface area contributed by atoms with Crippen LogP contribution >= 0.6 is 0 Å². The molecule has 1 N–H and O–H groups in total. The fourth-order valence-electron chi connectivity index (χ4n) is 5.37. The monoisotopic (exact) mass is 533 g/mol. The molecule has 1 saturated heterocycles. The number of carboxylic acids is 1. The lowest BCUT2D eigenvalue weighted by Gasteiger charge is -2.30. The molecule has 0 radical (unpaired) electrons. The number of rotatable bonds is 14. The van der Waals surface area contributed by atoms with Crippen LogP contribution in [-0.2, 0) is 14.4 Å². The number of amides is 2. The van der Waals surface area contributed by atoms with Gasteiger partial charge in [-0.25, -0.2) is 0 Å². The van der Waals surface area contributed by atoms with Gasteiger partial charge in [0.05, 0.1) is 19.6 Å². The predicted octanol–water partition coefficient (Wildman–Crippen LogP) is 3.19. The van der Waals surface area contributed by atoms with Gasteiger partial charge in [0, 0.05) is 52.1 Å². The zero-order valence-electron chi connectivity index (χ0n) is 23.4. The molecule has 2 aliphatic heterocycles. The Morgan fingerprint density at radius 3 is 2.37 bits per heavy atom. The van der Waals surface area contributed by atoms with Gasteiger partial charge in [0.15, 0.2) is 11.5 Å². The van der Waals surface area contributed by atoms with E-state index in [0.717, 1.165) is 31.2 Å². The third-order valence-corrected chi connectivity index (χ3v) is 7.69. The molecule has 2 aliphatic rings. The van der Waals surface area contributed by atoms with E-state index in [1.165, 1.54) is 14.0 Å². The number of methoxy groups -OCH3 is 1. The molecule has 1 unspecified atom stereocenters. The van der Waals surface area contributed by atoms with Gasteiger partial charge in [-0.3, -0.25) is 19.3 Å². The standard InChI is InChI=1S/C28H43N3O7/c1-6-8-11-30(12-9-7-2)25(33)17-31-16-21(20-14-23(36-5)27-24(15-20)37-18-38-27)26(28(34)35)22(31)10-13-29(4)19(3)32/h14-15,21-22,26H,6-13,16-18H2,1-5H3,(H,34,35)/t21-,22+,26?/m1/s1. The molecule has 10 nitrogen and oxygen atoms in total. The van der Waals surface area contributed by atoms with Gasteiger partial charge in [0.25, 0.3) is 0 Å². The molecule has 1 aromatic rings. The van der Waals surface area contributed by atoms with E-state index >= 15 is 0 Å². The molecule has 0 saturated carbocycles. The van der Waals surface area contributed by atoms with Crippen molar-refractivity contribution in [2.75, 3.05) is 53.7 Å². The van der Waals surface area contributed by atoms with E-state index in [9.17, 15) is 19.5 Å². The number of nitrogens with zero attached hydrogens (tertiary/aromatic N) is 3. The first-order valence-electron chi connectivity index (χ1n) is 13.7. The van der Waals surface area contributed by atoms with Crippen LogP contribution in [0.4, 0.5) is 0 Å². The van der Waals surface area contributed by atoms with Crippen LogP contribution in [0.2, 0.25) is 0 Å². The van der Waals surface area contributed by atoms with Crippen molar-refractivity contribution in [1.29, 1.82) is 0 Å². The lowest BCUT2D eigenvalue weighted by atomic mass is 9.84. The summed E-state index contributed by atoms with van der Waals surface area (Å²) >= 11 is 0. The highest BCUT2D eigenvalue weighted by Gasteiger charge is 2.47. The molecule has 3 rings (SSSR count). The van der Waals surface area contributed by atoms with E-state index in [-0.39, 0.29) is 25.2 Å². The molecule has 2 amide bonds. The number of carbonyl (C=O) groups is 3. The fourth-order valence-corrected chi connectivity index (χ4v) is 5.37. The Kier molecular flexibility index (Phi) is 10.6.